The van der Waals surface area contributed by atoms with Gasteiger partial charge in [0.05, 0.1) is 17.7 Å². The van der Waals surface area contributed by atoms with Crippen LogP contribution in [0.25, 0.3) is 11.3 Å². The Bertz CT molecular complexity index is 846. The van der Waals surface area contributed by atoms with Gasteiger partial charge in [-0.2, -0.15) is 0 Å². The molecule has 1 N–H and O–H groups in total. The molecule has 0 saturated heterocycles. The number of hydrogen-bond donors (Lipinski definition) is 1. The number of halogens is 2. The van der Waals surface area contributed by atoms with Gasteiger partial charge in [-0.3, -0.25) is 4.79 Å². The zero-order valence-corrected chi connectivity index (χ0v) is 11.9. The monoisotopic (exact) mass is 314 g/mol. The van der Waals surface area contributed by atoms with Crippen LogP contribution in [0.4, 0.5) is 8.78 Å². The van der Waals surface area contributed by atoms with Crippen molar-refractivity contribution in [2.75, 3.05) is 0 Å². The van der Waals surface area contributed by atoms with Crippen molar-refractivity contribution in [3.63, 3.8) is 0 Å². The molecule has 2 aromatic carbocycles. The molecule has 0 radical (unpaired) electrons. The van der Waals surface area contributed by atoms with E-state index in [1.165, 1.54) is 30.3 Å². The van der Waals surface area contributed by atoms with E-state index in [9.17, 15) is 13.6 Å². The molecule has 0 saturated carbocycles. The van der Waals surface area contributed by atoms with Crippen molar-refractivity contribution < 1.29 is 18.1 Å². The summed E-state index contributed by atoms with van der Waals surface area (Å²) in [5.74, 6) is -1.32. The number of amides is 1. The first-order chi connectivity index (χ1) is 11.1. The molecule has 1 aromatic heterocycles. The van der Waals surface area contributed by atoms with E-state index in [0.29, 0.717) is 5.69 Å². The first kappa shape index (κ1) is 14.9. The third kappa shape index (κ3) is 3.26. The largest absolute Gasteiger partial charge is 0.356 e. The van der Waals surface area contributed by atoms with E-state index in [1.54, 1.807) is 24.3 Å². The first-order valence-corrected chi connectivity index (χ1v) is 6.88. The van der Waals surface area contributed by atoms with Gasteiger partial charge in [0.2, 0.25) is 0 Å². The van der Waals surface area contributed by atoms with Gasteiger partial charge in [-0.05, 0) is 24.3 Å². The minimum Gasteiger partial charge on any atom is -0.356 e. The SMILES string of the molecule is O=C(NCc1cc(-c2ccccc2F)on1)c1ccccc1F. The van der Waals surface area contributed by atoms with Gasteiger partial charge in [0.15, 0.2) is 5.76 Å². The third-order valence-corrected chi connectivity index (χ3v) is 3.25. The zero-order chi connectivity index (χ0) is 16.2. The van der Waals surface area contributed by atoms with E-state index in [0.717, 1.165) is 0 Å². The Kier molecular flexibility index (Phi) is 4.14. The molecule has 3 rings (SSSR count). The maximum atomic E-state index is 13.7. The Labute approximate surface area is 130 Å². The number of benzene rings is 2. The van der Waals surface area contributed by atoms with Crippen molar-refractivity contribution in [1.29, 1.82) is 0 Å². The second-order valence-corrected chi connectivity index (χ2v) is 4.82. The predicted molar refractivity (Wildman–Crippen MR) is 79.5 cm³/mol. The number of hydrogen-bond acceptors (Lipinski definition) is 3. The summed E-state index contributed by atoms with van der Waals surface area (Å²) in [5, 5.41) is 6.31. The fraction of sp³-hybridized carbons (Fsp3) is 0.0588. The maximum absolute atomic E-state index is 13.7. The molecule has 116 valence electrons. The molecule has 1 amide bonds. The van der Waals surface area contributed by atoms with Crippen molar-refractivity contribution in [3.8, 4) is 11.3 Å². The Morgan fingerprint density at radius 1 is 1.04 bits per heavy atom. The molecule has 1 heterocycles. The second-order valence-electron chi connectivity index (χ2n) is 4.82. The summed E-state index contributed by atoms with van der Waals surface area (Å²) in [7, 11) is 0. The highest BCUT2D eigenvalue weighted by Gasteiger charge is 2.13. The van der Waals surface area contributed by atoms with Crippen LogP contribution in [0.5, 0.6) is 0 Å². The van der Waals surface area contributed by atoms with Crippen LogP contribution in [-0.4, -0.2) is 11.1 Å². The number of nitrogens with one attached hydrogen (secondary N) is 1. The minimum absolute atomic E-state index is 0.0467. The van der Waals surface area contributed by atoms with E-state index >= 15 is 0 Å². The van der Waals surface area contributed by atoms with Gasteiger partial charge < -0.3 is 9.84 Å². The summed E-state index contributed by atoms with van der Waals surface area (Å²) in [4.78, 5) is 11.9. The fourth-order valence-electron chi connectivity index (χ4n) is 2.09. The quantitative estimate of drug-likeness (QED) is 0.801. The molecule has 0 atom stereocenters. The number of nitrogens with zero attached hydrogens (tertiary/aromatic N) is 1. The van der Waals surface area contributed by atoms with Gasteiger partial charge >= 0.3 is 0 Å². The van der Waals surface area contributed by atoms with Crippen LogP contribution in [0.1, 0.15) is 16.1 Å². The molecule has 4 nitrogen and oxygen atoms in total. The number of carbonyl (C=O) groups excluding carboxylic acids is 1. The molecule has 3 aromatic rings. The van der Waals surface area contributed by atoms with Crippen molar-refractivity contribution in [3.05, 3.63) is 77.5 Å². The van der Waals surface area contributed by atoms with Crippen LogP contribution in [0.3, 0.4) is 0 Å². The van der Waals surface area contributed by atoms with Crippen molar-refractivity contribution in [2.45, 2.75) is 6.54 Å². The number of aromatic nitrogens is 1. The number of carbonyl (C=O) groups is 1. The summed E-state index contributed by atoms with van der Waals surface area (Å²) >= 11 is 0. The summed E-state index contributed by atoms with van der Waals surface area (Å²) in [5.41, 5.74) is 0.643. The molecule has 0 aliphatic rings. The lowest BCUT2D eigenvalue weighted by atomic mass is 10.1. The van der Waals surface area contributed by atoms with E-state index < -0.39 is 17.5 Å². The summed E-state index contributed by atoms with van der Waals surface area (Å²) in [6.45, 7) is 0.0467. The molecular weight excluding hydrogens is 302 g/mol. The van der Waals surface area contributed by atoms with Crippen LogP contribution in [0.2, 0.25) is 0 Å². The molecular formula is C17H12F2N2O2. The Morgan fingerprint density at radius 3 is 2.48 bits per heavy atom. The highest BCUT2D eigenvalue weighted by atomic mass is 19.1. The van der Waals surface area contributed by atoms with E-state index in [4.69, 9.17) is 4.52 Å². The predicted octanol–water partition coefficient (Wildman–Crippen LogP) is 3.55. The summed E-state index contributed by atoms with van der Waals surface area (Å²) in [6.07, 6.45) is 0. The van der Waals surface area contributed by atoms with Gasteiger partial charge in [-0.25, -0.2) is 8.78 Å². The molecule has 23 heavy (non-hydrogen) atoms. The Morgan fingerprint density at radius 2 is 1.74 bits per heavy atom. The lowest BCUT2D eigenvalue weighted by Gasteiger charge is -2.03. The van der Waals surface area contributed by atoms with E-state index in [-0.39, 0.29) is 23.4 Å². The normalized spacial score (nSPS) is 10.5. The molecule has 0 fully saturated rings. The standard InChI is InChI=1S/C17H12F2N2O2/c18-14-7-3-1-5-12(14)16-9-11(21-23-16)10-20-17(22)13-6-2-4-8-15(13)19/h1-9H,10H2,(H,20,22). The van der Waals surface area contributed by atoms with Crippen LogP contribution in [0, 0.1) is 11.6 Å². The zero-order valence-electron chi connectivity index (χ0n) is 11.9. The fourth-order valence-corrected chi connectivity index (χ4v) is 2.09. The van der Waals surface area contributed by atoms with E-state index in [1.807, 2.05) is 0 Å². The van der Waals surface area contributed by atoms with Crippen LogP contribution >= 0.6 is 0 Å². The first-order valence-electron chi connectivity index (χ1n) is 6.88. The Hall–Kier alpha value is -3.02. The highest BCUT2D eigenvalue weighted by molar-refractivity contribution is 5.94. The Balaban J connectivity index is 1.70. The van der Waals surface area contributed by atoms with E-state index in [2.05, 4.69) is 10.5 Å². The highest BCUT2D eigenvalue weighted by Crippen LogP contribution is 2.23. The third-order valence-electron chi connectivity index (χ3n) is 3.25. The second kappa shape index (κ2) is 6.39. The van der Waals surface area contributed by atoms with Crippen LogP contribution in [-0.2, 0) is 6.54 Å². The minimum atomic E-state index is -0.600. The van der Waals surface area contributed by atoms with Gasteiger partial charge in [-0.1, -0.05) is 29.4 Å². The molecule has 0 bridgehead atoms. The summed E-state index contributed by atoms with van der Waals surface area (Å²) in [6, 6.07) is 13.3. The lowest BCUT2D eigenvalue weighted by molar-refractivity contribution is 0.0946. The molecule has 0 aliphatic carbocycles. The van der Waals surface area contributed by atoms with Crippen molar-refractivity contribution in [2.24, 2.45) is 0 Å². The average molecular weight is 314 g/mol. The van der Waals surface area contributed by atoms with Crippen LogP contribution in [0.15, 0.2) is 59.1 Å². The van der Waals surface area contributed by atoms with Gasteiger partial charge in [0.1, 0.15) is 17.3 Å². The molecule has 6 heteroatoms. The molecule has 0 spiro atoms. The van der Waals surface area contributed by atoms with Gasteiger partial charge in [-0.15, -0.1) is 0 Å². The van der Waals surface area contributed by atoms with Crippen molar-refractivity contribution >= 4 is 5.91 Å². The average Bonchev–Trinajstić information content (AvgIpc) is 3.02. The van der Waals surface area contributed by atoms with Crippen molar-refractivity contribution in [1.82, 2.24) is 10.5 Å². The van der Waals surface area contributed by atoms with Gasteiger partial charge in [0.25, 0.3) is 5.91 Å². The topological polar surface area (TPSA) is 55.1 Å². The number of rotatable bonds is 4. The smallest absolute Gasteiger partial charge is 0.254 e. The maximum Gasteiger partial charge on any atom is 0.254 e. The summed E-state index contributed by atoms with van der Waals surface area (Å²) < 4.78 is 32.2. The molecule has 0 unspecified atom stereocenters. The molecule has 0 aliphatic heterocycles. The lowest BCUT2D eigenvalue weighted by Crippen LogP contribution is -2.23. The van der Waals surface area contributed by atoms with Gasteiger partial charge in [0, 0.05) is 6.07 Å². The van der Waals surface area contributed by atoms with Crippen LogP contribution < -0.4 is 5.32 Å².